The average Bonchev–Trinajstić information content (AvgIpc) is 3.03. The zero-order chi connectivity index (χ0) is 27.9. The second kappa shape index (κ2) is 13.1. The Morgan fingerprint density at radius 2 is 1.43 bits per heavy atom. The van der Waals surface area contributed by atoms with E-state index in [4.69, 9.17) is 23.7 Å². The summed E-state index contributed by atoms with van der Waals surface area (Å²) in [5.41, 5.74) is -1.20. The number of rotatable bonds is 12. The highest BCUT2D eigenvalue weighted by atomic mass is 16.7. The van der Waals surface area contributed by atoms with Gasteiger partial charge in [0, 0.05) is 31.8 Å². The highest BCUT2D eigenvalue weighted by molar-refractivity contribution is 5.72. The Labute approximate surface area is 218 Å². The van der Waals surface area contributed by atoms with Crippen molar-refractivity contribution in [2.45, 2.75) is 85.7 Å². The van der Waals surface area contributed by atoms with Crippen LogP contribution in [0, 0.1) is 23.7 Å². The lowest BCUT2D eigenvalue weighted by molar-refractivity contribution is -0.218. The molecule has 0 aromatic carbocycles. The number of esters is 4. The largest absolute Gasteiger partial charge is 0.462 e. The van der Waals surface area contributed by atoms with Crippen molar-refractivity contribution in [3.63, 3.8) is 0 Å². The van der Waals surface area contributed by atoms with E-state index >= 15 is 0 Å². The van der Waals surface area contributed by atoms with Gasteiger partial charge in [0.25, 0.3) is 6.29 Å². The van der Waals surface area contributed by atoms with Gasteiger partial charge in [0.05, 0.1) is 12.2 Å². The molecule has 2 aliphatic rings. The fourth-order valence-electron chi connectivity index (χ4n) is 4.17. The van der Waals surface area contributed by atoms with Crippen molar-refractivity contribution in [1.29, 1.82) is 0 Å². The average molecular weight is 525 g/mol. The van der Waals surface area contributed by atoms with E-state index in [1.165, 1.54) is 19.3 Å². The van der Waals surface area contributed by atoms with Gasteiger partial charge in [-0.2, -0.15) is 0 Å². The molecule has 0 radical (unpaired) electrons. The first-order chi connectivity index (χ1) is 17.2. The fourth-order valence-corrected chi connectivity index (χ4v) is 4.17. The first-order valence-corrected chi connectivity index (χ1v) is 12.7. The minimum absolute atomic E-state index is 0.00768. The summed E-state index contributed by atoms with van der Waals surface area (Å²) in [5, 5.41) is 12.0. The maximum Gasteiger partial charge on any atom is 0.309 e. The molecule has 2 rings (SSSR count). The van der Waals surface area contributed by atoms with Gasteiger partial charge in [-0.25, -0.2) is 0 Å². The molecule has 10 heteroatoms. The van der Waals surface area contributed by atoms with E-state index in [1.807, 2.05) is 41.5 Å². The Hall–Kier alpha value is -2.88. The van der Waals surface area contributed by atoms with Crippen molar-refractivity contribution in [3.05, 3.63) is 23.5 Å². The molecule has 0 amide bonds. The first-order valence-electron chi connectivity index (χ1n) is 12.7. The number of aliphatic hydroxyl groups is 1. The van der Waals surface area contributed by atoms with E-state index in [1.54, 1.807) is 0 Å². The summed E-state index contributed by atoms with van der Waals surface area (Å²) in [7, 11) is 0. The molecule has 0 spiro atoms. The monoisotopic (exact) mass is 524 g/mol. The SMILES string of the molecule is CC(=O)OCC1=CO[C@H](OC(=O)CC(C)C)[C@@H]2C1=C[C@@H](OC(=O)CC(C)C)[C@@]2(O)COC(=O)CC(C)C. The van der Waals surface area contributed by atoms with Gasteiger partial charge in [0.15, 0.2) is 11.7 Å². The predicted molar refractivity (Wildman–Crippen MR) is 131 cm³/mol. The molecule has 1 N–H and O–H groups in total. The number of carbonyl (C=O) groups excluding carboxylic acids is 4. The summed E-state index contributed by atoms with van der Waals surface area (Å²) < 4.78 is 27.5. The molecular weight excluding hydrogens is 484 g/mol. The van der Waals surface area contributed by atoms with Crippen LogP contribution in [0.1, 0.15) is 67.7 Å². The molecule has 1 aliphatic carbocycles. The number of fused-ring (bicyclic) bond motifs is 1. The van der Waals surface area contributed by atoms with Crippen LogP contribution in [0.2, 0.25) is 0 Å². The lowest BCUT2D eigenvalue weighted by Gasteiger charge is -2.40. The minimum Gasteiger partial charge on any atom is -0.462 e. The molecule has 4 atom stereocenters. The van der Waals surface area contributed by atoms with Crippen molar-refractivity contribution in [1.82, 2.24) is 0 Å². The normalized spacial score (nSPS) is 24.7. The van der Waals surface area contributed by atoms with Gasteiger partial charge in [0.1, 0.15) is 13.2 Å². The van der Waals surface area contributed by atoms with Gasteiger partial charge in [-0.1, -0.05) is 41.5 Å². The maximum atomic E-state index is 12.6. The molecule has 0 aromatic heterocycles. The molecule has 0 saturated heterocycles. The van der Waals surface area contributed by atoms with Crippen LogP contribution in [0.3, 0.4) is 0 Å². The van der Waals surface area contributed by atoms with Crippen LogP contribution in [-0.4, -0.2) is 60.2 Å². The highest BCUT2D eigenvalue weighted by Crippen LogP contribution is 2.47. The van der Waals surface area contributed by atoms with Crippen molar-refractivity contribution in [2.75, 3.05) is 13.2 Å². The zero-order valence-electron chi connectivity index (χ0n) is 22.8. The van der Waals surface area contributed by atoms with Crippen LogP contribution in [0.15, 0.2) is 23.5 Å². The summed E-state index contributed by atoms with van der Waals surface area (Å²) >= 11 is 0. The molecule has 1 aliphatic heterocycles. The van der Waals surface area contributed by atoms with Gasteiger partial charge in [-0.15, -0.1) is 0 Å². The van der Waals surface area contributed by atoms with E-state index in [0.29, 0.717) is 11.1 Å². The summed E-state index contributed by atoms with van der Waals surface area (Å²) in [4.78, 5) is 48.9. The molecular formula is C27H40O10. The van der Waals surface area contributed by atoms with Crippen LogP contribution >= 0.6 is 0 Å². The molecule has 0 unspecified atom stereocenters. The molecule has 1 heterocycles. The Bertz CT molecular complexity index is 916. The number of ether oxygens (including phenoxy) is 5. The fraction of sp³-hybridized carbons (Fsp3) is 0.704. The van der Waals surface area contributed by atoms with Gasteiger partial charge in [-0.05, 0) is 29.4 Å². The third-order valence-electron chi connectivity index (χ3n) is 5.81. The van der Waals surface area contributed by atoms with E-state index in [9.17, 15) is 24.3 Å². The van der Waals surface area contributed by atoms with Crippen LogP contribution in [0.4, 0.5) is 0 Å². The number of hydrogen-bond acceptors (Lipinski definition) is 10. The summed E-state index contributed by atoms with van der Waals surface area (Å²) in [5.74, 6) is -3.19. The maximum absolute atomic E-state index is 12.6. The molecule has 0 fully saturated rings. The predicted octanol–water partition coefficient (Wildman–Crippen LogP) is 3.21. The smallest absolute Gasteiger partial charge is 0.309 e. The Morgan fingerprint density at radius 1 is 0.892 bits per heavy atom. The van der Waals surface area contributed by atoms with E-state index < -0.39 is 54.4 Å². The summed E-state index contributed by atoms with van der Waals surface area (Å²) in [6, 6.07) is 0. The van der Waals surface area contributed by atoms with Crippen molar-refractivity contribution < 1.29 is 48.0 Å². The lowest BCUT2D eigenvalue weighted by atomic mass is 9.82. The first kappa shape index (κ1) is 30.3. The number of hydrogen-bond donors (Lipinski definition) is 1. The Balaban J connectivity index is 2.45. The second-order valence-electron chi connectivity index (χ2n) is 10.9. The van der Waals surface area contributed by atoms with Crippen molar-refractivity contribution in [2.24, 2.45) is 23.7 Å². The minimum atomic E-state index is -2.01. The van der Waals surface area contributed by atoms with E-state index in [0.717, 1.165) is 0 Å². The molecule has 10 nitrogen and oxygen atoms in total. The highest BCUT2D eigenvalue weighted by Gasteiger charge is 2.59. The van der Waals surface area contributed by atoms with Crippen LogP contribution < -0.4 is 0 Å². The van der Waals surface area contributed by atoms with Crippen LogP contribution in [-0.2, 0) is 42.9 Å². The van der Waals surface area contributed by atoms with E-state index in [2.05, 4.69) is 0 Å². The quantitative estimate of drug-likeness (QED) is 0.299. The summed E-state index contributed by atoms with van der Waals surface area (Å²) in [6.07, 6.45) is 0.625. The van der Waals surface area contributed by atoms with Gasteiger partial charge in [-0.3, -0.25) is 19.2 Å². The zero-order valence-corrected chi connectivity index (χ0v) is 22.8. The molecule has 37 heavy (non-hydrogen) atoms. The molecule has 0 saturated carbocycles. The van der Waals surface area contributed by atoms with Gasteiger partial charge in [0.2, 0.25) is 0 Å². The van der Waals surface area contributed by atoms with Gasteiger partial charge >= 0.3 is 23.9 Å². The molecule has 0 aromatic rings. The topological polar surface area (TPSA) is 135 Å². The van der Waals surface area contributed by atoms with Crippen molar-refractivity contribution >= 4 is 23.9 Å². The van der Waals surface area contributed by atoms with Crippen molar-refractivity contribution in [3.8, 4) is 0 Å². The Kier molecular flexibility index (Phi) is 10.7. The van der Waals surface area contributed by atoms with Crippen LogP contribution in [0.5, 0.6) is 0 Å². The lowest BCUT2D eigenvalue weighted by Crippen LogP contribution is -2.56. The van der Waals surface area contributed by atoms with Crippen LogP contribution in [0.25, 0.3) is 0 Å². The molecule has 0 bridgehead atoms. The van der Waals surface area contributed by atoms with Gasteiger partial charge < -0.3 is 28.8 Å². The van der Waals surface area contributed by atoms with E-state index in [-0.39, 0.29) is 43.6 Å². The third kappa shape index (κ3) is 8.59. The molecule has 208 valence electrons. The standard InChI is InChI=1S/C27H40O10/c1-15(2)8-22(29)35-14-27(32)21(36-23(30)9-16(3)4)11-20-19(12-33-18(7)28)13-34-26(25(20)27)37-24(31)10-17(5)6/h11,13,15-17,21,25-26,32H,8-10,12,14H2,1-7H3/t21-,25+,26-,27+/m1/s1. The Morgan fingerprint density at radius 3 is 1.97 bits per heavy atom. The second-order valence-corrected chi connectivity index (χ2v) is 10.9. The summed E-state index contributed by atoms with van der Waals surface area (Å²) in [6.45, 7) is 11.7. The number of carbonyl (C=O) groups is 4. The third-order valence-corrected chi connectivity index (χ3v) is 5.81.